The minimum absolute atomic E-state index is 0.130. The van der Waals surface area contributed by atoms with E-state index >= 15 is 0 Å². The quantitative estimate of drug-likeness (QED) is 0.344. The Labute approximate surface area is 133 Å². The molecule has 1 aromatic heterocycles. The predicted molar refractivity (Wildman–Crippen MR) is 89.1 cm³/mol. The summed E-state index contributed by atoms with van der Waals surface area (Å²) in [5, 5.41) is 11.1. The molecule has 3 nitrogen and oxygen atoms in total. The number of allylic oxidation sites excluding steroid dienone is 1. The summed E-state index contributed by atoms with van der Waals surface area (Å²) in [5.74, 6) is 0.484. The van der Waals surface area contributed by atoms with Crippen molar-refractivity contribution in [3.63, 3.8) is 0 Å². The van der Waals surface area contributed by atoms with Gasteiger partial charge in [-0.1, -0.05) is 24.8 Å². The van der Waals surface area contributed by atoms with Gasteiger partial charge in [-0.2, -0.15) is 5.26 Å². The van der Waals surface area contributed by atoms with Crippen molar-refractivity contribution in [2.45, 2.75) is 6.92 Å². The lowest BCUT2D eigenvalue weighted by Crippen LogP contribution is -2.01. The first-order chi connectivity index (χ1) is 10.7. The van der Waals surface area contributed by atoms with E-state index in [2.05, 4.69) is 6.58 Å². The molecule has 1 heterocycles. The van der Waals surface area contributed by atoms with Crippen LogP contribution < -0.4 is 4.74 Å². The molecule has 0 radical (unpaired) electrons. The number of benzene rings is 1. The third-order valence-corrected chi connectivity index (χ3v) is 4.01. The van der Waals surface area contributed by atoms with E-state index in [-0.39, 0.29) is 11.4 Å². The maximum Gasteiger partial charge on any atom is 0.213 e. The van der Waals surface area contributed by atoms with Crippen LogP contribution in [0.15, 0.2) is 53.9 Å². The molecule has 2 aromatic rings. The molecular formula is C18H15NO2S. The molecule has 0 N–H and O–H groups in total. The average molecular weight is 309 g/mol. The largest absolute Gasteiger partial charge is 0.490 e. The van der Waals surface area contributed by atoms with E-state index in [1.54, 1.807) is 24.3 Å². The van der Waals surface area contributed by atoms with Crippen molar-refractivity contribution in [1.29, 1.82) is 5.26 Å². The summed E-state index contributed by atoms with van der Waals surface area (Å²) in [5.41, 5.74) is 1.81. The third-order valence-electron chi connectivity index (χ3n) is 2.99. The van der Waals surface area contributed by atoms with Crippen LogP contribution >= 0.6 is 11.3 Å². The molecule has 0 fully saturated rings. The van der Waals surface area contributed by atoms with Gasteiger partial charge in [0.05, 0.1) is 4.88 Å². The maximum atomic E-state index is 12.4. The molecule has 0 aliphatic carbocycles. The first kappa shape index (κ1) is 15.7. The number of hydrogen-bond acceptors (Lipinski definition) is 4. The number of nitriles is 1. The second kappa shape index (κ2) is 7.39. The molecule has 22 heavy (non-hydrogen) atoms. The number of carbonyl (C=O) groups is 1. The minimum atomic E-state index is -0.234. The van der Waals surface area contributed by atoms with E-state index in [0.717, 1.165) is 16.9 Å². The SMILES string of the molecule is C=CCOc1ccc(C=C(C#N)C(=O)c2sccc2C)cc1. The highest BCUT2D eigenvalue weighted by Crippen LogP contribution is 2.21. The summed E-state index contributed by atoms with van der Waals surface area (Å²) >= 11 is 1.35. The number of carbonyl (C=O) groups excluding carboxylic acids is 1. The van der Waals surface area contributed by atoms with Crippen LogP contribution in [0.1, 0.15) is 20.8 Å². The topological polar surface area (TPSA) is 50.1 Å². The van der Waals surface area contributed by atoms with Gasteiger partial charge in [0, 0.05) is 0 Å². The van der Waals surface area contributed by atoms with E-state index in [1.165, 1.54) is 11.3 Å². The minimum Gasteiger partial charge on any atom is -0.490 e. The summed E-state index contributed by atoms with van der Waals surface area (Å²) in [6, 6.07) is 11.1. The molecule has 0 bridgehead atoms. The van der Waals surface area contributed by atoms with Crippen molar-refractivity contribution < 1.29 is 9.53 Å². The summed E-state index contributed by atoms with van der Waals surface area (Å²) in [4.78, 5) is 13.0. The number of Topliss-reactive ketones (excluding diaryl/α,β-unsaturated/α-hetero) is 1. The van der Waals surface area contributed by atoms with Crippen molar-refractivity contribution in [2.24, 2.45) is 0 Å². The maximum absolute atomic E-state index is 12.4. The molecule has 0 saturated heterocycles. The molecule has 0 atom stereocenters. The summed E-state index contributed by atoms with van der Waals surface area (Å²) in [6.07, 6.45) is 3.27. The lowest BCUT2D eigenvalue weighted by Gasteiger charge is -2.03. The highest BCUT2D eigenvalue weighted by molar-refractivity contribution is 7.12. The molecular weight excluding hydrogens is 294 g/mol. The van der Waals surface area contributed by atoms with E-state index in [4.69, 9.17) is 4.74 Å². The summed E-state index contributed by atoms with van der Waals surface area (Å²) in [6.45, 7) is 5.89. The molecule has 0 aliphatic rings. The Balaban J connectivity index is 2.22. The first-order valence-corrected chi connectivity index (χ1v) is 7.58. The summed E-state index contributed by atoms with van der Waals surface area (Å²) in [7, 11) is 0. The van der Waals surface area contributed by atoms with Gasteiger partial charge in [-0.3, -0.25) is 4.79 Å². The highest BCUT2D eigenvalue weighted by atomic mass is 32.1. The highest BCUT2D eigenvalue weighted by Gasteiger charge is 2.15. The molecule has 110 valence electrons. The van der Waals surface area contributed by atoms with E-state index in [1.807, 2.05) is 36.6 Å². The smallest absolute Gasteiger partial charge is 0.213 e. The standard InChI is InChI=1S/C18H15NO2S/c1-3-9-21-16-6-4-14(5-7-16)11-15(12-19)17(20)18-13(2)8-10-22-18/h3-8,10-11H,1,9H2,2H3. The summed E-state index contributed by atoms with van der Waals surface area (Å²) < 4.78 is 5.39. The van der Waals surface area contributed by atoms with Gasteiger partial charge in [-0.25, -0.2) is 0 Å². The lowest BCUT2D eigenvalue weighted by molar-refractivity contribution is 0.104. The van der Waals surface area contributed by atoms with Gasteiger partial charge in [-0.15, -0.1) is 11.3 Å². The number of nitrogens with zero attached hydrogens (tertiary/aromatic N) is 1. The number of thiophene rings is 1. The number of aryl methyl sites for hydroxylation is 1. The van der Waals surface area contributed by atoms with Crippen molar-refractivity contribution >= 4 is 23.2 Å². The normalized spacial score (nSPS) is 10.8. The fourth-order valence-electron chi connectivity index (χ4n) is 1.86. The van der Waals surface area contributed by atoms with Crippen LogP contribution in [0.5, 0.6) is 5.75 Å². The second-order valence-corrected chi connectivity index (χ2v) is 5.52. The van der Waals surface area contributed by atoms with Crippen molar-refractivity contribution in [3.05, 3.63) is 69.9 Å². The zero-order chi connectivity index (χ0) is 15.9. The van der Waals surface area contributed by atoms with Crippen LogP contribution in [-0.2, 0) is 0 Å². The Hall–Kier alpha value is -2.64. The number of rotatable bonds is 6. The molecule has 0 amide bonds. The average Bonchev–Trinajstić information content (AvgIpc) is 2.97. The number of ether oxygens (including phenoxy) is 1. The van der Waals surface area contributed by atoms with Gasteiger partial charge in [0.1, 0.15) is 24.0 Å². The Morgan fingerprint density at radius 3 is 2.64 bits per heavy atom. The molecule has 4 heteroatoms. The van der Waals surface area contributed by atoms with Gasteiger partial charge in [0.15, 0.2) is 0 Å². The third kappa shape index (κ3) is 3.72. The first-order valence-electron chi connectivity index (χ1n) is 6.70. The van der Waals surface area contributed by atoms with Crippen LogP contribution in [0.4, 0.5) is 0 Å². The number of hydrogen-bond donors (Lipinski definition) is 0. The fourth-order valence-corrected chi connectivity index (χ4v) is 2.74. The Morgan fingerprint density at radius 2 is 2.09 bits per heavy atom. The van der Waals surface area contributed by atoms with Crippen LogP contribution in [0.25, 0.3) is 6.08 Å². The van der Waals surface area contributed by atoms with E-state index in [9.17, 15) is 10.1 Å². The lowest BCUT2D eigenvalue weighted by atomic mass is 10.1. The van der Waals surface area contributed by atoms with E-state index < -0.39 is 0 Å². The van der Waals surface area contributed by atoms with Gasteiger partial charge in [0.2, 0.25) is 5.78 Å². The van der Waals surface area contributed by atoms with Crippen LogP contribution in [0.3, 0.4) is 0 Å². The molecule has 0 aliphatic heterocycles. The molecule has 2 rings (SSSR count). The zero-order valence-corrected chi connectivity index (χ0v) is 13.0. The van der Waals surface area contributed by atoms with Gasteiger partial charge in [-0.05, 0) is 47.7 Å². The van der Waals surface area contributed by atoms with Crippen LogP contribution in [0, 0.1) is 18.3 Å². The fraction of sp³-hybridized carbons (Fsp3) is 0.111. The number of ketones is 1. The zero-order valence-electron chi connectivity index (χ0n) is 12.2. The monoisotopic (exact) mass is 309 g/mol. The Kier molecular flexibility index (Phi) is 5.29. The van der Waals surface area contributed by atoms with Crippen LogP contribution in [-0.4, -0.2) is 12.4 Å². The van der Waals surface area contributed by atoms with Crippen molar-refractivity contribution in [2.75, 3.05) is 6.61 Å². The van der Waals surface area contributed by atoms with Gasteiger partial charge < -0.3 is 4.74 Å². The Morgan fingerprint density at radius 1 is 1.36 bits per heavy atom. The molecule has 1 aromatic carbocycles. The molecule has 0 unspecified atom stereocenters. The Bertz CT molecular complexity index is 748. The van der Waals surface area contributed by atoms with Gasteiger partial charge >= 0.3 is 0 Å². The van der Waals surface area contributed by atoms with Gasteiger partial charge in [0.25, 0.3) is 0 Å². The van der Waals surface area contributed by atoms with E-state index in [0.29, 0.717) is 11.5 Å². The predicted octanol–water partition coefficient (Wildman–Crippen LogP) is 4.41. The molecule has 0 spiro atoms. The van der Waals surface area contributed by atoms with Crippen molar-refractivity contribution in [1.82, 2.24) is 0 Å². The molecule has 0 saturated carbocycles. The van der Waals surface area contributed by atoms with Crippen LogP contribution in [0.2, 0.25) is 0 Å². The second-order valence-electron chi connectivity index (χ2n) is 4.60. The van der Waals surface area contributed by atoms with Crippen molar-refractivity contribution in [3.8, 4) is 11.8 Å².